The van der Waals surface area contributed by atoms with Crippen LogP contribution in [0.2, 0.25) is 5.02 Å². The minimum atomic E-state index is -0.114. The first kappa shape index (κ1) is 12.1. The maximum atomic E-state index is 6.25. The molecule has 2 N–H and O–H groups in total. The molecule has 0 aliphatic rings. The quantitative estimate of drug-likeness (QED) is 0.903. The minimum Gasteiger partial charge on any atom is -0.324 e. The summed E-state index contributed by atoms with van der Waals surface area (Å²) >= 11 is 6.25. The van der Waals surface area contributed by atoms with Crippen LogP contribution in [0.3, 0.4) is 0 Å². The maximum Gasteiger partial charge on any atom is 0.0483 e. The van der Waals surface area contributed by atoms with Crippen molar-refractivity contribution in [2.75, 3.05) is 0 Å². The molecule has 1 unspecified atom stereocenters. The molecule has 88 valence electrons. The smallest absolute Gasteiger partial charge is 0.0483 e. The second-order valence-electron chi connectivity index (χ2n) is 4.11. The van der Waals surface area contributed by atoms with Gasteiger partial charge in [-0.15, -0.1) is 0 Å². The van der Waals surface area contributed by atoms with E-state index in [1.807, 2.05) is 43.3 Å². The van der Waals surface area contributed by atoms with E-state index in [1.54, 1.807) is 6.20 Å². The molecule has 0 fully saturated rings. The largest absolute Gasteiger partial charge is 0.324 e. The lowest BCUT2D eigenvalue weighted by Gasteiger charge is -2.14. The standard InChI is InChI=1S/C14H15ClN2/c1-10-5-4-7-12(14(10)15)13(16)9-11-6-2-3-8-17-11/h2-8,13H,9,16H2,1H3. The van der Waals surface area contributed by atoms with Gasteiger partial charge < -0.3 is 5.73 Å². The summed E-state index contributed by atoms with van der Waals surface area (Å²) in [4.78, 5) is 4.27. The molecule has 0 saturated carbocycles. The van der Waals surface area contributed by atoms with Crippen LogP contribution in [0.15, 0.2) is 42.6 Å². The summed E-state index contributed by atoms with van der Waals surface area (Å²) in [6.45, 7) is 1.99. The Morgan fingerprint density at radius 1 is 1.24 bits per heavy atom. The molecule has 1 atom stereocenters. The van der Waals surface area contributed by atoms with Crippen LogP contribution in [0.1, 0.15) is 22.9 Å². The van der Waals surface area contributed by atoms with Crippen molar-refractivity contribution in [3.8, 4) is 0 Å². The fourth-order valence-corrected chi connectivity index (χ4v) is 2.08. The van der Waals surface area contributed by atoms with Gasteiger partial charge in [0.1, 0.15) is 0 Å². The van der Waals surface area contributed by atoms with E-state index < -0.39 is 0 Å². The fraction of sp³-hybridized carbons (Fsp3) is 0.214. The van der Waals surface area contributed by atoms with Gasteiger partial charge in [-0.25, -0.2) is 0 Å². The lowest BCUT2D eigenvalue weighted by atomic mass is 10.0. The number of hydrogen-bond donors (Lipinski definition) is 1. The van der Waals surface area contributed by atoms with Gasteiger partial charge in [-0.1, -0.05) is 35.9 Å². The molecular formula is C14H15ClN2. The van der Waals surface area contributed by atoms with Gasteiger partial charge in [0.2, 0.25) is 0 Å². The van der Waals surface area contributed by atoms with Crippen LogP contribution in [-0.4, -0.2) is 4.98 Å². The molecule has 1 aromatic carbocycles. The van der Waals surface area contributed by atoms with E-state index in [9.17, 15) is 0 Å². The molecule has 1 aromatic heterocycles. The third kappa shape index (κ3) is 2.84. The predicted octanol–water partition coefficient (Wildman–Crippen LogP) is 3.29. The van der Waals surface area contributed by atoms with Crippen LogP contribution in [-0.2, 0) is 6.42 Å². The number of aryl methyl sites for hydroxylation is 1. The van der Waals surface area contributed by atoms with Crippen molar-refractivity contribution in [1.29, 1.82) is 0 Å². The number of nitrogens with two attached hydrogens (primary N) is 1. The summed E-state index contributed by atoms with van der Waals surface area (Å²) in [5.74, 6) is 0. The van der Waals surface area contributed by atoms with E-state index in [2.05, 4.69) is 4.98 Å². The predicted molar refractivity (Wildman–Crippen MR) is 71.1 cm³/mol. The van der Waals surface area contributed by atoms with Gasteiger partial charge >= 0.3 is 0 Å². The zero-order valence-electron chi connectivity index (χ0n) is 9.73. The summed E-state index contributed by atoms with van der Waals surface area (Å²) in [6, 6.07) is 11.7. The number of nitrogens with zero attached hydrogens (tertiary/aromatic N) is 1. The molecule has 17 heavy (non-hydrogen) atoms. The second kappa shape index (κ2) is 5.30. The third-order valence-corrected chi connectivity index (χ3v) is 3.29. The van der Waals surface area contributed by atoms with Crippen molar-refractivity contribution >= 4 is 11.6 Å². The molecular weight excluding hydrogens is 232 g/mol. The molecule has 0 bridgehead atoms. The van der Waals surface area contributed by atoms with Crippen molar-refractivity contribution in [1.82, 2.24) is 4.98 Å². The van der Waals surface area contributed by atoms with Crippen LogP contribution >= 0.6 is 11.6 Å². The number of aromatic nitrogens is 1. The van der Waals surface area contributed by atoms with Gasteiger partial charge in [-0.3, -0.25) is 4.98 Å². The van der Waals surface area contributed by atoms with E-state index in [0.29, 0.717) is 6.42 Å². The maximum absolute atomic E-state index is 6.25. The summed E-state index contributed by atoms with van der Waals surface area (Å²) in [6.07, 6.45) is 2.48. The third-order valence-electron chi connectivity index (χ3n) is 2.78. The molecule has 1 heterocycles. The van der Waals surface area contributed by atoms with Gasteiger partial charge in [-0.2, -0.15) is 0 Å². The number of benzene rings is 1. The highest BCUT2D eigenvalue weighted by Gasteiger charge is 2.12. The Kier molecular flexibility index (Phi) is 3.77. The zero-order valence-corrected chi connectivity index (χ0v) is 10.5. The number of pyridine rings is 1. The highest BCUT2D eigenvalue weighted by molar-refractivity contribution is 6.32. The molecule has 2 aromatic rings. The average Bonchev–Trinajstić information content (AvgIpc) is 2.34. The van der Waals surface area contributed by atoms with Crippen LogP contribution in [0.5, 0.6) is 0 Å². The number of rotatable bonds is 3. The highest BCUT2D eigenvalue weighted by Crippen LogP contribution is 2.26. The van der Waals surface area contributed by atoms with E-state index in [1.165, 1.54) is 0 Å². The van der Waals surface area contributed by atoms with Crippen molar-refractivity contribution in [3.63, 3.8) is 0 Å². The number of hydrogen-bond acceptors (Lipinski definition) is 2. The van der Waals surface area contributed by atoms with Crippen molar-refractivity contribution in [2.24, 2.45) is 5.73 Å². The molecule has 0 amide bonds. The Balaban J connectivity index is 2.20. The lowest BCUT2D eigenvalue weighted by Crippen LogP contribution is -2.14. The van der Waals surface area contributed by atoms with Crippen molar-refractivity contribution in [2.45, 2.75) is 19.4 Å². The summed E-state index contributed by atoms with van der Waals surface area (Å²) in [5, 5.41) is 0.760. The zero-order chi connectivity index (χ0) is 12.3. The first-order valence-electron chi connectivity index (χ1n) is 5.59. The highest BCUT2D eigenvalue weighted by atomic mass is 35.5. The van der Waals surface area contributed by atoms with Crippen LogP contribution in [0.25, 0.3) is 0 Å². The Morgan fingerprint density at radius 3 is 2.76 bits per heavy atom. The normalized spacial score (nSPS) is 12.4. The molecule has 0 radical (unpaired) electrons. The van der Waals surface area contributed by atoms with Crippen molar-refractivity contribution < 1.29 is 0 Å². The van der Waals surface area contributed by atoms with Crippen LogP contribution in [0, 0.1) is 6.92 Å². The Morgan fingerprint density at radius 2 is 2.06 bits per heavy atom. The molecule has 0 aliphatic carbocycles. The first-order chi connectivity index (χ1) is 8.18. The molecule has 0 spiro atoms. The van der Waals surface area contributed by atoms with E-state index >= 15 is 0 Å². The van der Waals surface area contributed by atoms with Gasteiger partial charge in [0.25, 0.3) is 0 Å². The average molecular weight is 247 g/mol. The van der Waals surface area contributed by atoms with Gasteiger partial charge in [0.15, 0.2) is 0 Å². The van der Waals surface area contributed by atoms with Gasteiger partial charge in [0.05, 0.1) is 0 Å². The topological polar surface area (TPSA) is 38.9 Å². The van der Waals surface area contributed by atoms with Gasteiger partial charge in [-0.05, 0) is 30.2 Å². The summed E-state index contributed by atoms with van der Waals surface area (Å²) in [7, 11) is 0. The lowest BCUT2D eigenvalue weighted by molar-refractivity contribution is 0.706. The van der Waals surface area contributed by atoms with Crippen molar-refractivity contribution in [3.05, 3.63) is 64.4 Å². The molecule has 0 aliphatic heterocycles. The second-order valence-corrected chi connectivity index (χ2v) is 4.49. The molecule has 2 nitrogen and oxygen atoms in total. The van der Waals surface area contributed by atoms with Crippen LogP contribution < -0.4 is 5.73 Å². The first-order valence-corrected chi connectivity index (χ1v) is 5.97. The van der Waals surface area contributed by atoms with Crippen LogP contribution in [0.4, 0.5) is 0 Å². The number of halogens is 1. The molecule has 0 saturated heterocycles. The SMILES string of the molecule is Cc1cccc(C(N)Cc2ccccn2)c1Cl. The van der Waals surface area contributed by atoms with E-state index in [4.69, 9.17) is 17.3 Å². The fourth-order valence-electron chi connectivity index (χ4n) is 1.81. The van der Waals surface area contributed by atoms with Gasteiger partial charge in [0, 0.05) is 29.4 Å². The van der Waals surface area contributed by atoms with E-state index in [0.717, 1.165) is 21.8 Å². The summed E-state index contributed by atoms with van der Waals surface area (Å²) < 4.78 is 0. The minimum absolute atomic E-state index is 0.114. The summed E-state index contributed by atoms with van der Waals surface area (Å²) in [5.41, 5.74) is 9.20. The monoisotopic (exact) mass is 246 g/mol. The molecule has 2 rings (SSSR count). The Hall–Kier alpha value is -1.38. The molecule has 3 heteroatoms. The Labute approximate surface area is 106 Å². The van der Waals surface area contributed by atoms with E-state index in [-0.39, 0.29) is 6.04 Å². The Bertz CT molecular complexity index is 497.